The third kappa shape index (κ3) is 3.08. The van der Waals surface area contributed by atoms with Crippen LogP contribution in [-0.2, 0) is 6.42 Å². The lowest BCUT2D eigenvalue weighted by Gasteiger charge is -2.14. The van der Waals surface area contributed by atoms with E-state index >= 15 is 0 Å². The molecule has 1 saturated carbocycles. The van der Waals surface area contributed by atoms with Gasteiger partial charge in [0.15, 0.2) is 0 Å². The highest BCUT2D eigenvalue weighted by atomic mass is 15.0. The van der Waals surface area contributed by atoms with E-state index in [1.54, 1.807) is 6.33 Å². The average molecular weight is 234 g/mol. The zero-order valence-electron chi connectivity index (χ0n) is 10.6. The molecule has 0 atom stereocenters. The number of hydrogen-bond acceptors (Lipinski definition) is 4. The number of nitrogens with zero attached hydrogens (tertiary/aromatic N) is 2. The Morgan fingerprint density at radius 3 is 2.82 bits per heavy atom. The van der Waals surface area contributed by atoms with Gasteiger partial charge in [-0.25, -0.2) is 9.97 Å². The van der Waals surface area contributed by atoms with E-state index in [0.29, 0.717) is 5.82 Å². The van der Waals surface area contributed by atoms with Gasteiger partial charge in [0.2, 0.25) is 0 Å². The molecule has 1 aromatic rings. The van der Waals surface area contributed by atoms with Gasteiger partial charge in [0.25, 0.3) is 0 Å². The van der Waals surface area contributed by atoms with Gasteiger partial charge in [0.1, 0.15) is 18.0 Å². The summed E-state index contributed by atoms with van der Waals surface area (Å²) in [6.45, 7) is 3.17. The SMILES string of the molecule is CCCc1c(N)ncnc1NCC1CCCC1. The number of nitrogens with one attached hydrogen (secondary N) is 1. The second-order valence-corrected chi connectivity index (χ2v) is 4.87. The smallest absolute Gasteiger partial charge is 0.134 e. The topological polar surface area (TPSA) is 63.8 Å². The molecule has 4 nitrogen and oxygen atoms in total. The summed E-state index contributed by atoms with van der Waals surface area (Å²) < 4.78 is 0. The fourth-order valence-electron chi connectivity index (χ4n) is 2.53. The molecule has 1 aliphatic rings. The van der Waals surface area contributed by atoms with Crippen LogP contribution in [0.15, 0.2) is 6.33 Å². The summed E-state index contributed by atoms with van der Waals surface area (Å²) in [4.78, 5) is 8.38. The van der Waals surface area contributed by atoms with Crippen LogP contribution in [0.1, 0.15) is 44.6 Å². The molecule has 1 aromatic heterocycles. The van der Waals surface area contributed by atoms with Gasteiger partial charge in [-0.2, -0.15) is 0 Å². The predicted molar refractivity (Wildman–Crippen MR) is 70.9 cm³/mol. The van der Waals surface area contributed by atoms with E-state index in [1.165, 1.54) is 25.7 Å². The van der Waals surface area contributed by atoms with Gasteiger partial charge < -0.3 is 11.1 Å². The van der Waals surface area contributed by atoms with Crippen molar-refractivity contribution in [2.75, 3.05) is 17.6 Å². The number of rotatable bonds is 5. The van der Waals surface area contributed by atoms with Crippen LogP contribution in [0.5, 0.6) is 0 Å². The normalized spacial score (nSPS) is 16.3. The average Bonchev–Trinajstić information content (AvgIpc) is 2.83. The van der Waals surface area contributed by atoms with Crippen LogP contribution in [0, 0.1) is 5.92 Å². The van der Waals surface area contributed by atoms with Crippen molar-refractivity contribution in [3.05, 3.63) is 11.9 Å². The summed E-state index contributed by atoms with van der Waals surface area (Å²) in [7, 11) is 0. The van der Waals surface area contributed by atoms with Gasteiger partial charge in [0, 0.05) is 12.1 Å². The fourth-order valence-corrected chi connectivity index (χ4v) is 2.53. The van der Waals surface area contributed by atoms with E-state index in [9.17, 15) is 0 Å². The molecule has 1 fully saturated rings. The number of hydrogen-bond donors (Lipinski definition) is 2. The van der Waals surface area contributed by atoms with Gasteiger partial charge in [-0.15, -0.1) is 0 Å². The van der Waals surface area contributed by atoms with Crippen LogP contribution in [0.3, 0.4) is 0 Å². The Morgan fingerprint density at radius 2 is 2.12 bits per heavy atom. The molecule has 0 aromatic carbocycles. The first-order chi connectivity index (χ1) is 8.31. The zero-order chi connectivity index (χ0) is 12.1. The van der Waals surface area contributed by atoms with E-state index in [0.717, 1.165) is 36.7 Å². The zero-order valence-corrected chi connectivity index (χ0v) is 10.6. The molecule has 0 aliphatic heterocycles. The highest BCUT2D eigenvalue weighted by molar-refractivity contribution is 5.54. The predicted octanol–water partition coefficient (Wildman–Crippen LogP) is 2.61. The molecule has 0 bridgehead atoms. The number of aromatic nitrogens is 2. The van der Waals surface area contributed by atoms with Crippen LogP contribution >= 0.6 is 0 Å². The maximum atomic E-state index is 5.90. The third-order valence-electron chi connectivity index (χ3n) is 3.51. The summed E-state index contributed by atoms with van der Waals surface area (Å²) in [6, 6.07) is 0. The summed E-state index contributed by atoms with van der Waals surface area (Å²) >= 11 is 0. The molecule has 0 saturated heterocycles. The Hall–Kier alpha value is -1.32. The van der Waals surface area contributed by atoms with Crippen molar-refractivity contribution < 1.29 is 0 Å². The first-order valence-corrected chi connectivity index (χ1v) is 6.64. The summed E-state index contributed by atoms with van der Waals surface area (Å²) in [6.07, 6.45) is 8.99. The summed E-state index contributed by atoms with van der Waals surface area (Å²) in [5.41, 5.74) is 6.98. The van der Waals surface area contributed by atoms with Crippen LogP contribution in [0.4, 0.5) is 11.6 Å². The molecule has 0 spiro atoms. The van der Waals surface area contributed by atoms with Crippen molar-refractivity contribution in [2.45, 2.75) is 45.4 Å². The van der Waals surface area contributed by atoms with E-state index in [1.807, 2.05) is 0 Å². The standard InChI is InChI=1S/C13H22N4/c1-2-5-11-12(14)16-9-17-13(11)15-8-10-6-3-4-7-10/h9-10H,2-8H2,1H3,(H3,14,15,16,17). The fraction of sp³-hybridized carbons (Fsp3) is 0.692. The van der Waals surface area contributed by atoms with Gasteiger partial charge in [-0.1, -0.05) is 26.2 Å². The molecular formula is C13H22N4. The van der Waals surface area contributed by atoms with Crippen LogP contribution in [0.2, 0.25) is 0 Å². The Bertz CT molecular complexity index is 358. The van der Waals surface area contributed by atoms with Crippen molar-refractivity contribution >= 4 is 11.6 Å². The van der Waals surface area contributed by atoms with Crippen LogP contribution < -0.4 is 11.1 Å². The van der Waals surface area contributed by atoms with E-state index in [4.69, 9.17) is 5.73 Å². The van der Waals surface area contributed by atoms with Crippen molar-refractivity contribution in [2.24, 2.45) is 5.92 Å². The Balaban J connectivity index is 2.00. The number of anilines is 2. The van der Waals surface area contributed by atoms with Crippen molar-refractivity contribution in [3.8, 4) is 0 Å². The lowest BCUT2D eigenvalue weighted by Crippen LogP contribution is -2.14. The van der Waals surface area contributed by atoms with Gasteiger partial charge in [-0.05, 0) is 25.2 Å². The highest BCUT2D eigenvalue weighted by Crippen LogP contribution is 2.26. The highest BCUT2D eigenvalue weighted by Gasteiger charge is 2.16. The molecule has 2 rings (SSSR count). The van der Waals surface area contributed by atoms with Gasteiger partial charge in [0.05, 0.1) is 0 Å². The molecule has 3 N–H and O–H groups in total. The molecule has 0 amide bonds. The lowest BCUT2D eigenvalue weighted by atomic mass is 10.1. The van der Waals surface area contributed by atoms with Crippen molar-refractivity contribution in [1.29, 1.82) is 0 Å². The van der Waals surface area contributed by atoms with Crippen LogP contribution in [0.25, 0.3) is 0 Å². The van der Waals surface area contributed by atoms with Gasteiger partial charge in [-0.3, -0.25) is 0 Å². The first kappa shape index (κ1) is 12.1. The van der Waals surface area contributed by atoms with E-state index in [-0.39, 0.29) is 0 Å². The number of nitrogen functional groups attached to an aromatic ring is 1. The van der Waals surface area contributed by atoms with Crippen molar-refractivity contribution in [3.63, 3.8) is 0 Å². The molecule has 4 heteroatoms. The maximum absolute atomic E-state index is 5.90. The van der Waals surface area contributed by atoms with Gasteiger partial charge >= 0.3 is 0 Å². The van der Waals surface area contributed by atoms with E-state index < -0.39 is 0 Å². The quantitative estimate of drug-likeness (QED) is 0.822. The number of nitrogens with two attached hydrogens (primary N) is 1. The van der Waals surface area contributed by atoms with Crippen LogP contribution in [-0.4, -0.2) is 16.5 Å². The second kappa shape index (κ2) is 5.84. The summed E-state index contributed by atoms with van der Waals surface area (Å²) in [5.74, 6) is 2.36. The van der Waals surface area contributed by atoms with Crippen molar-refractivity contribution in [1.82, 2.24) is 9.97 Å². The minimum absolute atomic E-state index is 0.621. The Labute approximate surface area is 103 Å². The maximum Gasteiger partial charge on any atom is 0.134 e. The van der Waals surface area contributed by atoms with E-state index in [2.05, 4.69) is 22.2 Å². The Kier molecular flexibility index (Phi) is 4.18. The molecule has 0 unspecified atom stereocenters. The third-order valence-corrected chi connectivity index (χ3v) is 3.51. The minimum Gasteiger partial charge on any atom is -0.383 e. The lowest BCUT2D eigenvalue weighted by molar-refractivity contribution is 0.578. The Morgan fingerprint density at radius 1 is 1.35 bits per heavy atom. The molecule has 17 heavy (non-hydrogen) atoms. The molecular weight excluding hydrogens is 212 g/mol. The minimum atomic E-state index is 0.621. The summed E-state index contributed by atoms with van der Waals surface area (Å²) in [5, 5.41) is 3.45. The molecule has 1 heterocycles. The molecule has 94 valence electrons. The first-order valence-electron chi connectivity index (χ1n) is 6.64. The monoisotopic (exact) mass is 234 g/mol. The molecule has 0 radical (unpaired) electrons. The molecule has 1 aliphatic carbocycles. The second-order valence-electron chi connectivity index (χ2n) is 4.87. The largest absolute Gasteiger partial charge is 0.383 e.